The maximum Gasteiger partial charge on any atom is 0.258 e. The van der Waals surface area contributed by atoms with Crippen LogP contribution in [0.25, 0.3) is 5.65 Å². The number of rotatable bonds is 4. The number of thiophene rings is 1. The lowest BCUT2D eigenvalue weighted by Gasteiger charge is -2.31. The zero-order valence-electron chi connectivity index (χ0n) is 13.9. The number of fused-ring (bicyclic) bond motifs is 1. The summed E-state index contributed by atoms with van der Waals surface area (Å²) in [7, 11) is 0. The van der Waals surface area contributed by atoms with Crippen LogP contribution >= 0.6 is 22.9 Å². The third-order valence-electron chi connectivity index (χ3n) is 3.86. The van der Waals surface area contributed by atoms with Crippen molar-refractivity contribution in [1.82, 2.24) is 14.7 Å². The molecule has 0 spiro atoms. The van der Waals surface area contributed by atoms with E-state index < -0.39 is 0 Å². The van der Waals surface area contributed by atoms with Crippen molar-refractivity contribution in [2.75, 3.05) is 0 Å². The van der Waals surface area contributed by atoms with Crippen LogP contribution in [0.2, 0.25) is 5.02 Å². The Bertz CT molecular complexity index is 897. The molecule has 3 aromatic heterocycles. The zero-order chi connectivity index (χ0) is 17.3. The summed E-state index contributed by atoms with van der Waals surface area (Å²) in [6, 6.07) is 9.45. The smallest absolute Gasteiger partial charge is 0.258 e. The highest BCUT2D eigenvalue weighted by Crippen LogP contribution is 2.35. The average molecular weight is 362 g/mol. The third kappa shape index (κ3) is 3.69. The molecule has 24 heavy (non-hydrogen) atoms. The maximum atomic E-state index is 12.3. The molecule has 3 aromatic rings. The molecule has 1 atom stereocenters. The summed E-state index contributed by atoms with van der Waals surface area (Å²) in [6.45, 7) is 7.15. The standard InChI is InChI=1S/C18H20ClN3OS/c1-18(2,3)17(14-5-4-8-24-14)20-10-13-9-16(23)22-11-12(19)6-7-15(22)21-13/h4-9,11,17,20H,10H2,1-3H3. The van der Waals surface area contributed by atoms with Crippen LogP contribution < -0.4 is 10.9 Å². The van der Waals surface area contributed by atoms with Gasteiger partial charge in [-0.1, -0.05) is 38.4 Å². The van der Waals surface area contributed by atoms with Crippen LogP contribution in [0.4, 0.5) is 0 Å². The lowest BCUT2D eigenvalue weighted by atomic mass is 9.85. The number of nitrogens with one attached hydrogen (secondary N) is 1. The maximum absolute atomic E-state index is 12.3. The van der Waals surface area contributed by atoms with Gasteiger partial charge in [0, 0.05) is 29.7 Å². The Morgan fingerprint density at radius 2 is 2.12 bits per heavy atom. The van der Waals surface area contributed by atoms with Gasteiger partial charge in [0.1, 0.15) is 5.65 Å². The summed E-state index contributed by atoms with van der Waals surface area (Å²) in [4.78, 5) is 18.1. The number of pyridine rings is 1. The minimum Gasteiger partial charge on any atom is -0.303 e. The molecule has 0 saturated heterocycles. The monoisotopic (exact) mass is 361 g/mol. The van der Waals surface area contributed by atoms with E-state index in [9.17, 15) is 4.79 Å². The summed E-state index contributed by atoms with van der Waals surface area (Å²) in [6.07, 6.45) is 1.59. The van der Waals surface area contributed by atoms with Gasteiger partial charge in [-0.05, 0) is 29.0 Å². The van der Waals surface area contributed by atoms with Crippen molar-refractivity contribution >= 4 is 28.6 Å². The van der Waals surface area contributed by atoms with Crippen LogP contribution in [0.15, 0.2) is 46.7 Å². The van der Waals surface area contributed by atoms with Crippen molar-refractivity contribution in [3.8, 4) is 0 Å². The Hall–Kier alpha value is -1.69. The molecule has 1 N–H and O–H groups in total. The molecule has 0 aliphatic heterocycles. The Morgan fingerprint density at radius 1 is 1.33 bits per heavy atom. The van der Waals surface area contributed by atoms with E-state index in [0.29, 0.717) is 17.2 Å². The number of aromatic nitrogens is 2. The van der Waals surface area contributed by atoms with E-state index in [1.165, 1.54) is 9.28 Å². The molecule has 1 unspecified atom stereocenters. The fourth-order valence-electron chi connectivity index (χ4n) is 2.71. The normalized spacial score (nSPS) is 13.3. The first-order valence-electron chi connectivity index (χ1n) is 7.79. The summed E-state index contributed by atoms with van der Waals surface area (Å²) in [5.74, 6) is 0. The summed E-state index contributed by atoms with van der Waals surface area (Å²) < 4.78 is 1.46. The van der Waals surface area contributed by atoms with E-state index in [4.69, 9.17) is 11.6 Å². The van der Waals surface area contributed by atoms with E-state index in [1.54, 1.807) is 35.7 Å². The van der Waals surface area contributed by atoms with Crippen molar-refractivity contribution < 1.29 is 0 Å². The summed E-state index contributed by atoms with van der Waals surface area (Å²) in [5.41, 5.74) is 1.27. The molecule has 4 nitrogen and oxygen atoms in total. The first-order valence-corrected chi connectivity index (χ1v) is 9.05. The highest BCUT2D eigenvalue weighted by Gasteiger charge is 2.26. The Morgan fingerprint density at radius 3 is 2.79 bits per heavy atom. The van der Waals surface area contributed by atoms with Gasteiger partial charge in [-0.25, -0.2) is 4.98 Å². The van der Waals surface area contributed by atoms with Gasteiger partial charge in [0.25, 0.3) is 5.56 Å². The molecule has 0 bridgehead atoms. The quantitative estimate of drug-likeness (QED) is 0.754. The van der Waals surface area contributed by atoms with Crippen LogP contribution in [0, 0.1) is 5.41 Å². The number of nitrogens with zero attached hydrogens (tertiary/aromatic N) is 2. The van der Waals surface area contributed by atoms with E-state index >= 15 is 0 Å². The second-order valence-corrected chi connectivity index (χ2v) is 8.27. The molecule has 3 heterocycles. The summed E-state index contributed by atoms with van der Waals surface area (Å²) >= 11 is 7.68. The zero-order valence-corrected chi connectivity index (χ0v) is 15.5. The molecule has 0 radical (unpaired) electrons. The number of halogens is 1. The minimum absolute atomic E-state index is 0.0598. The lowest BCUT2D eigenvalue weighted by Crippen LogP contribution is -2.32. The Labute approximate surface area is 150 Å². The third-order valence-corrected chi connectivity index (χ3v) is 5.02. The van der Waals surface area contributed by atoms with Crippen molar-refractivity contribution in [1.29, 1.82) is 0 Å². The van der Waals surface area contributed by atoms with Gasteiger partial charge >= 0.3 is 0 Å². The second-order valence-electron chi connectivity index (χ2n) is 6.86. The van der Waals surface area contributed by atoms with Crippen LogP contribution in [-0.4, -0.2) is 9.38 Å². The topological polar surface area (TPSA) is 46.4 Å². The van der Waals surface area contributed by atoms with E-state index in [-0.39, 0.29) is 17.0 Å². The molecular formula is C18H20ClN3OS. The van der Waals surface area contributed by atoms with E-state index in [2.05, 4.69) is 48.6 Å². The Balaban J connectivity index is 1.87. The molecule has 0 aliphatic carbocycles. The van der Waals surface area contributed by atoms with Gasteiger partial charge in [0.05, 0.1) is 10.7 Å². The molecule has 0 fully saturated rings. The van der Waals surface area contributed by atoms with Gasteiger partial charge in [0.2, 0.25) is 0 Å². The molecule has 0 saturated carbocycles. The fourth-order valence-corrected chi connectivity index (χ4v) is 3.92. The van der Waals surface area contributed by atoms with Crippen molar-refractivity contribution in [3.05, 3.63) is 67.9 Å². The molecular weight excluding hydrogens is 342 g/mol. The first kappa shape index (κ1) is 17.1. The Kier molecular flexibility index (Phi) is 4.76. The van der Waals surface area contributed by atoms with Crippen LogP contribution in [0.5, 0.6) is 0 Å². The fraction of sp³-hybridized carbons (Fsp3) is 0.333. The molecule has 6 heteroatoms. The van der Waals surface area contributed by atoms with Gasteiger partial charge in [0.15, 0.2) is 0 Å². The molecule has 126 valence electrons. The number of hydrogen-bond donors (Lipinski definition) is 1. The molecule has 0 aliphatic rings. The van der Waals surface area contributed by atoms with E-state index in [1.807, 2.05) is 0 Å². The predicted molar refractivity (Wildman–Crippen MR) is 99.8 cm³/mol. The van der Waals surface area contributed by atoms with Gasteiger partial charge in [-0.2, -0.15) is 0 Å². The highest BCUT2D eigenvalue weighted by atomic mass is 35.5. The minimum atomic E-state index is -0.122. The molecule has 0 aromatic carbocycles. The first-order chi connectivity index (χ1) is 11.3. The second kappa shape index (κ2) is 6.67. The average Bonchev–Trinajstić information content (AvgIpc) is 3.01. The summed E-state index contributed by atoms with van der Waals surface area (Å²) in [5, 5.41) is 6.16. The number of hydrogen-bond acceptors (Lipinski definition) is 4. The van der Waals surface area contributed by atoms with Crippen molar-refractivity contribution in [3.63, 3.8) is 0 Å². The predicted octanol–water partition coefficient (Wildman–Crippen LogP) is 4.29. The van der Waals surface area contributed by atoms with Crippen LogP contribution in [0.1, 0.15) is 37.4 Å². The highest BCUT2D eigenvalue weighted by molar-refractivity contribution is 7.10. The SMILES string of the molecule is CC(C)(C)C(NCc1cc(=O)n2cc(Cl)ccc2n1)c1cccs1. The molecule has 0 amide bonds. The largest absolute Gasteiger partial charge is 0.303 e. The van der Waals surface area contributed by atoms with Crippen molar-refractivity contribution in [2.24, 2.45) is 5.41 Å². The van der Waals surface area contributed by atoms with Crippen LogP contribution in [0.3, 0.4) is 0 Å². The van der Waals surface area contributed by atoms with Crippen LogP contribution in [-0.2, 0) is 6.54 Å². The van der Waals surface area contributed by atoms with Gasteiger partial charge in [-0.3, -0.25) is 9.20 Å². The van der Waals surface area contributed by atoms with E-state index in [0.717, 1.165) is 5.69 Å². The van der Waals surface area contributed by atoms with Gasteiger partial charge < -0.3 is 5.32 Å². The molecule has 3 rings (SSSR count). The van der Waals surface area contributed by atoms with Gasteiger partial charge in [-0.15, -0.1) is 11.3 Å². The van der Waals surface area contributed by atoms with Crippen molar-refractivity contribution in [2.45, 2.75) is 33.4 Å². The lowest BCUT2D eigenvalue weighted by molar-refractivity contribution is 0.274.